The van der Waals surface area contributed by atoms with Gasteiger partial charge in [-0.3, -0.25) is 14.7 Å². The number of halogens is 2. The van der Waals surface area contributed by atoms with Crippen LogP contribution in [0.4, 0.5) is 4.39 Å². The van der Waals surface area contributed by atoms with Crippen molar-refractivity contribution in [1.82, 2.24) is 25.4 Å². The fraction of sp³-hybridized carbons (Fsp3) is 0.471. The molecule has 2 aromatic rings. The number of pyridine rings is 1. The van der Waals surface area contributed by atoms with E-state index in [1.54, 1.807) is 19.3 Å². The number of aliphatic imine (C=N–C) groups is 1. The van der Waals surface area contributed by atoms with Gasteiger partial charge in [-0.05, 0) is 44.9 Å². The van der Waals surface area contributed by atoms with Gasteiger partial charge < -0.3 is 10.6 Å². The van der Waals surface area contributed by atoms with E-state index in [4.69, 9.17) is 0 Å². The molecule has 0 aliphatic rings. The Kier molecular flexibility index (Phi) is 8.27. The zero-order chi connectivity index (χ0) is 17.7. The van der Waals surface area contributed by atoms with Crippen LogP contribution in [0.25, 0.3) is 0 Å². The van der Waals surface area contributed by atoms with Crippen molar-refractivity contribution < 1.29 is 4.39 Å². The average Bonchev–Trinajstić information content (AvgIpc) is 2.79. The largest absolute Gasteiger partial charge is 0.354 e. The topological polar surface area (TPSA) is 67.1 Å². The lowest BCUT2D eigenvalue weighted by Crippen LogP contribution is -2.43. The van der Waals surface area contributed by atoms with E-state index in [0.717, 1.165) is 12.1 Å². The fourth-order valence-electron chi connectivity index (χ4n) is 2.61. The van der Waals surface area contributed by atoms with Gasteiger partial charge in [-0.25, -0.2) is 4.39 Å². The first kappa shape index (κ1) is 21.3. The molecular formula is C17H26FIN6. The molecule has 0 spiro atoms. The second kappa shape index (κ2) is 9.69. The third kappa shape index (κ3) is 5.65. The quantitative estimate of drug-likeness (QED) is 0.409. The van der Waals surface area contributed by atoms with E-state index in [2.05, 4.69) is 39.6 Å². The predicted molar refractivity (Wildman–Crippen MR) is 109 cm³/mol. The minimum atomic E-state index is -0.324. The Balaban J connectivity index is 0.00000312. The number of nitrogens with one attached hydrogen (secondary N) is 2. The van der Waals surface area contributed by atoms with Crippen LogP contribution in [-0.2, 0) is 20.0 Å². The molecule has 2 rings (SSSR count). The SMILES string of the molecule is CN=C(NCc1ncccc1F)NC(C)Cc1c(C)nn(C)c1C.I. The highest BCUT2D eigenvalue weighted by Gasteiger charge is 2.14. The molecule has 0 saturated carbocycles. The smallest absolute Gasteiger partial charge is 0.191 e. The number of nitrogens with zero attached hydrogens (tertiary/aromatic N) is 4. The van der Waals surface area contributed by atoms with Crippen molar-refractivity contribution in [1.29, 1.82) is 0 Å². The predicted octanol–water partition coefficient (Wildman–Crippen LogP) is 2.49. The summed E-state index contributed by atoms with van der Waals surface area (Å²) in [6.45, 7) is 6.45. The number of hydrogen-bond donors (Lipinski definition) is 2. The van der Waals surface area contributed by atoms with E-state index in [1.807, 2.05) is 18.7 Å². The van der Waals surface area contributed by atoms with E-state index in [0.29, 0.717) is 11.7 Å². The van der Waals surface area contributed by atoms with Crippen LogP contribution in [0.2, 0.25) is 0 Å². The molecule has 0 amide bonds. The van der Waals surface area contributed by atoms with Crippen LogP contribution in [0.15, 0.2) is 23.3 Å². The third-order valence-electron chi connectivity index (χ3n) is 4.03. The minimum Gasteiger partial charge on any atom is -0.354 e. The van der Waals surface area contributed by atoms with E-state index in [-0.39, 0.29) is 42.4 Å². The minimum absolute atomic E-state index is 0. The second-order valence-corrected chi connectivity index (χ2v) is 5.88. The molecule has 1 atom stereocenters. The van der Waals surface area contributed by atoms with Gasteiger partial charge in [0, 0.05) is 32.0 Å². The summed E-state index contributed by atoms with van der Waals surface area (Å²) in [4.78, 5) is 8.21. The lowest BCUT2D eigenvalue weighted by atomic mass is 10.1. The highest BCUT2D eigenvalue weighted by atomic mass is 127. The zero-order valence-electron chi connectivity index (χ0n) is 15.3. The highest BCUT2D eigenvalue weighted by Crippen LogP contribution is 2.14. The van der Waals surface area contributed by atoms with Crippen LogP contribution in [0.5, 0.6) is 0 Å². The molecular weight excluding hydrogens is 434 g/mol. The Morgan fingerprint density at radius 2 is 2.12 bits per heavy atom. The number of aryl methyl sites for hydroxylation is 2. The third-order valence-corrected chi connectivity index (χ3v) is 4.03. The van der Waals surface area contributed by atoms with Gasteiger partial charge in [0.2, 0.25) is 0 Å². The standard InChI is InChI=1S/C17H25FN6.HI/c1-11(9-14-12(2)23-24(5)13(14)3)22-17(19-4)21-10-16-15(18)7-6-8-20-16;/h6-8,11H,9-10H2,1-5H3,(H2,19,21,22);1H. The van der Waals surface area contributed by atoms with Gasteiger partial charge in [0.05, 0.1) is 17.9 Å². The molecule has 2 heterocycles. The molecule has 25 heavy (non-hydrogen) atoms. The van der Waals surface area contributed by atoms with Gasteiger partial charge in [-0.2, -0.15) is 5.10 Å². The lowest BCUT2D eigenvalue weighted by Gasteiger charge is -2.18. The van der Waals surface area contributed by atoms with Crippen LogP contribution in [-0.4, -0.2) is 33.8 Å². The monoisotopic (exact) mass is 460 g/mol. The van der Waals surface area contributed by atoms with Crippen LogP contribution in [0.1, 0.15) is 29.6 Å². The van der Waals surface area contributed by atoms with Gasteiger partial charge in [0.1, 0.15) is 5.82 Å². The van der Waals surface area contributed by atoms with Crippen molar-refractivity contribution in [3.8, 4) is 0 Å². The summed E-state index contributed by atoms with van der Waals surface area (Å²) in [5, 5.41) is 10.9. The maximum absolute atomic E-state index is 13.6. The summed E-state index contributed by atoms with van der Waals surface area (Å²) in [5.41, 5.74) is 3.82. The number of rotatable bonds is 5. The molecule has 0 saturated heterocycles. The Morgan fingerprint density at radius 3 is 2.68 bits per heavy atom. The average molecular weight is 460 g/mol. The summed E-state index contributed by atoms with van der Waals surface area (Å²) in [5.74, 6) is 0.293. The molecule has 0 bridgehead atoms. The van der Waals surface area contributed by atoms with E-state index in [9.17, 15) is 4.39 Å². The van der Waals surface area contributed by atoms with Crippen molar-refractivity contribution in [2.24, 2.45) is 12.0 Å². The molecule has 0 radical (unpaired) electrons. The fourth-order valence-corrected chi connectivity index (χ4v) is 2.61. The Hall–Kier alpha value is -1.71. The van der Waals surface area contributed by atoms with Gasteiger partial charge in [-0.1, -0.05) is 0 Å². The van der Waals surface area contributed by atoms with Gasteiger partial charge in [0.15, 0.2) is 5.96 Å². The maximum Gasteiger partial charge on any atom is 0.191 e. The summed E-state index contributed by atoms with van der Waals surface area (Å²) in [7, 11) is 3.64. The normalized spacial score (nSPS) is 12.5. The van der Waals surface area contributed by atoms with E-state index in [1.165, 1.54) is 17.3 Å². The molecule has 0 aromatic carbocycles. The van der Waals surface area contributed by atoms with Crippen molar-refractivity contribution in [2.45, 2.75) is 39.8 Å². The number of aromatic nitrogens is 3. The number of hydrogen-bond acceptors (Lipinski definition) is 3. The maximum atomic E-state index is 13.6. The molecule has 6 nitrogen and oxygen atoms in total. The highest BCUT2D eigenvalue weighted by molar-refractivity contribution is 14.0. The first-order chi connectivity index (χ1) is 11.4. The molecule has 2 aromatic heterocycles. The van der Waals surface area contributed by atoms with E-state index < -0.39 is 0 Å². The zero-order valence-corrected chi connectivity index (χ0v) is 17.6. The van der Waals surface area contributed by atoms with Crippen molar-refractivity contribution in [2.75, 3.05) is 7.05 Å². The first-order valence-electron chi connectivity index (χ1n) is 7.98. The molecule has 0 aliphatic heterocycles. The molecule has 1 unspecified atom stereocenters. The van der Waals surface area contributed by atoms with Crippen LogP contribution >= 0.6 is 24.0 Å². The first-order valence-corrected chi connectivity index (χ1v) is 7.98. The van der Waals surface area contributed by atoms with Gasteiger partial charge in [0.25, 0.3) is 0 Å². The molecule has 0 fully saturated rings. The van der Waals surface area contributed by atoms with E-state index >= 15 is 0 Å². The number of guanidine groups is 1. The van der Waals surface area contributed by atoms with Crippen molar-refractivity contribution >= 4 is 29.9 Å². The second-order valence-electron chi connectivity index (χ2n) is 5.88. The summed E-state index contributed by atoms with van der Waals surface area (Å²) in [6.07, 6.45) is 2.41. The Labute approximate surface area is 165 Å². The molecule has 8 heteroatoms. The summed E-state index contributed by atoms with van der Waals surface area (Å²) >= 11 is 0. The van der Waals surface area contributed by atoms with Crippen LogP contribution < -0.4 is 10.6 Å². The molecule has 2 N–H and O–H groups in total. The van der Waals surface area contributed by atoms with Crippen LogP contribution in [0.3, 0.4) is 0 Å². The molecule has 0 aliphatic carbocycles. The Morgan fingerprint density at radius 1 is 1.40 bits per heavy atom. The summed E-state index contributed by atoms with van der Waals surface area (Å²) in [6, 6.07) is 3.13. The van der Waals surface area contributed by atoms with Gasteiger partial charge in [-0.15, -0.1) is 24.0 Å². The summed E-state index contributed by atoms with van der Waals surface area (Å²) < 4.78 is 15.5. The Bertz CT molecular complexity index is 728. The van der Waals surface area contributed by atoms with Crippen molar-refractivity contribution in [3.05, 3.63) is 46.8 Å². The van der Waals surface area contributed by atoms with Gasteiger partial charge >= 0.3 is 0 Å². The van der Waals surface area contributed by atoms with Crippen LogP contribution in [0, 0.1) is 19.7 Å². The lowest BCUT2D eigenvalue weighted by molar-refractivity contribution is 0.588. The van der Waals surface area contributed by atoms with Crippen molar-refractivity contribution in [3.63, 3.8) is 0 Å². The molecule has 138 valence electrons.